The summed E-state index contributed by atoms with van der Waals surface area (Å²) in [6.07, 6.45) is 4.20. The largest absolute Gasteiger partial charge is 0.393 e. The molecule has 0 radical (unpaired) electrons. The first-order chi connectivity index (χ1) is 12.2. The van der Waals surface area contributed by atoms with Gasteiger partial charge in [0, 0.05) is 32.1 Å². The number of nitrogens with zero attached hydrogens (tertiary/aromatic N) is 1. The van der Waals surface area contributed by atoms with Crippen molar-refractivity contribution in [3.63, 3.8) is 0 Å². The first-order valence-corrected chi connectivity index (χ1v) is 9.53. The highest BCUT2D eigenvalue weighted by atomic mass is 16.5. The van der Waals surface area contributed by atoms with Gasteiger partial charge in [-0.2, -0.15) is 0 Å². The molecule has 5 nitrogen and oxygen atoms in total. The lowest BCUT2D eigenvalue weighted by molar-refractivity contribution is -0.126. The van der Waals surface area contributed by atoms with Crippen molar-refractivity contribution in [1.29, 1.82) is 0 Å². The number of ether oxygens (including phenoxy) is 1. The molecule has 0 aromatic heterocycles. The molecule has 1 saturated heterocycles. The van der Waals surface area contributed by atoms with E-state index in [1.54, 1.807) is 0 Å². The van der Waals surface area contributed by atoms with Gasteiger partial charge in [-0.3, -0.25) is 9.69 Å². The summed E-state index contributed by atoms with van der Waals surface area (Å²) in [6.45, 7) is 3.85. The average Bonchev–Trinajstić information content (AvgIpc) is 2.62. The highest BCUT2D eigenvalue weighted by Crippen LogP contribution is 2.23. The fourth-order valence-electron chi connectivity index (χ4n) is 3.84. The molecule has 1 saturated carbocycles. The molecular formula is C20H30N2O3. The zero-order valence-corrected chi connectivity index (χ0v) is 14.9. The lowest BCUT2D eigenvalue weighted by Crippen LogP contribution is -2.45. The van der Waals surface area contributed by atoms with Crippen LogP contribution in [0.4, 0.5) is 0 Å². The van der Waals surface area contributed by atoms with E-state index in [1.165, 1.54) is 5.56 Å². The van der Waals surface area contributed by atoms with Crippen LogP contribution in [0.3, 0.4) is 0 Å². The van der Waals surface area contributed by atoms with E-state index in [-0.39, 0.29) is 24.0 Å². The molecule has 25 heavy (non-hydrogen) atoms. The Kier molecular flexibility index (Phi) is 6.84. The number of morpholine rings is 1. The van der Waals surface area contributed by atoms with Crippen LogP contribution in [0.15, 0.2) is 30.3 Å². The molecule has 2 fully saturated rings. The smallest absolute Gasteiger partial charge is 0.222 e. The van der Waals surface area contributed by atoms with Crippen LogP contribution in [0, 0.1) is 5.92 Å². The molecule has 3 rings (SSSR count). The second-order valence-corrected chi connectivity index (χ2v) is 7.33. The minimum atomic E-state index is -0.263. The molecule has 1 heterocycles. The minimum absolute atomic E-state index is 0.0318. The second kappa shape index (κ2) is 9.32. The summed E-state index contributed by atoms with van der Waals surface area (Å²) in [6, 6.07) is 10.4. The van der Waals surface area contributed by atoms with E-state index >= 15 is 0 Å². The molecule has 2 aliphatic rings. The van der Waals surface area contributed by atoms with Crippen molar-refractivity contribution in [3.05, 3.63) is 35.9 Å². The number of nitrogens with one attached hydrogen (secondary N) is 1. The first kappa shape index (κ1) is 18.4. The number of rotatable bonds is 6. The van der Waals surface area contributed by atoms with E-state index < -0.39 is 0 Å². The molecule has 0 bridgehead atoms. The van der Waals surface area contributed by atoms with Crippen LogP contribution in [0.1, 0.15) is 37.7 Å². The number of amides is 1. The molecule has 138 valence electrons. The lowest BCUT2D eigenvalue weighted by Gasteiger charge is -2.33. The molecule has 3 unspecified atom stereocenters. The lowest BCUT2D eigenvalue weighted by atomic mass is 9.86. The summed E-state index contributed by atoms with van der Waals surface area (Å²) in [4.78, 5) is 14.6. The van der Waals surface area contributed by atoms with Crippen LogP contribution in [0.25, 0.3) is 0 Å². The van der Waals surface area contributed by atoms with Gasteiger partial charge >= 0.3 is 0 Å². The number of aliphatic hydroxyl groups excluding tert-OH is 1. The monoisotopic (exact) mass is 346 g/mol. The Balaban J connectivity index is 1.40. The highest BCUT2D eigenvalue weighted by Gasteiger charge is 2.25. The van der Waals surface area contributed by atoms with E-state index in [4.69, 9.17) is 4.74 Å². The summed E-state index contributed by atoms with van der Waals surface area (Å²) in [5.41, 5.74) is 1.29. The molecule has 0 spiro atoms. The van der Waals surface area contributed by atoms with Crippen molar-refractivity contribution in [1.82, 2.24) is 10.2 Å². The molecule has 2 N–H and O–H groups in total. The third kappa shape index (κ3) is 5.80. The molecule has 1 aromatic rings. The van der Waals surface area contributed by atoms with Crippen LogP contribution in [-0.4, -0.2) is 54.4 Å². The quantitative estimate of drug-likeness (QED) is 0.826. The number of benzene rings is 1. The van der Waals surface area contributed by atoms with Gasteiger partial charge < -0.3 is 15.2 Å². The predicted octanol–water partition coefficient (Wildman–Crippen LogP) is 1.94. The van der Waals surface area contributed by atoms with Crippen LogP contribution in [0.2, 0.25) is 0 Å². The SMILES string of the molecule is O=C(CC1CN(Cc2ccccc2)CCO1)NCC1CCCCC1O. The van der Waals surface area contributed by atoms with Crippen molar-refractivity contribution in [3.8, 4) is 0 Å². The van der Waals surface area contributed by atoms with Crippen molar-refractivity contribution in [2.75, 3.05) is 26.2 Å². The van der Waals surface area contributed by atoms with Gasteiger partial charge in [-0.25, -0.2) is 0 Å². The zero-order valence-electron chi connectivity index (χ0n) is 14.9. The van der Waals surface area contributed by atoms with E-state index in [2.05, 4.69) is 34.5 Å². The predicted molar refractivity (Wildman–Crippen MR) is 97.1 cm³/mol. The highest BCUT2D eigenvalue weighted by molar-refractivity contribution is 5.76. The summed E-state index contributed by atoms with van der Waals surface area (Å²) in [5.74, 6) is 0.240. The summed E-state index contributed by atoms with van der Waals surface area (Å²) < 4.78 is 5.78. The number of aliphatic hydroxyl groups is 1. The Labute approximate surface area is 150 Å². The van der Waals surface area contributed by atoms with E-state index in [0.717, 1.165) is 45.3 Å². The maximum Gasteiger partial charge on any atom is 0.222 e. The summed E-state index contributed by atoms with van der Waals surface area (Å²) in [7, 11) is 0. The zero-order chi connectivity index (χ0) is 17.5. The molecule has 3 atom stereocenters. The Bertz CT molecular complexity index is 537. The topological polar surface area (TPSA) is 61.8 Å². The Morgan fingerprint density at radius 1 is 1.24 bits per heavy atom. The van der Waals surface area contributed by atoms with E-state index in [9.17, 15) is 9.90 Å². The molecule has 1 amide bonds. The third-order valence-electron chi connectivity index (χ3n) is 5.32. The fourth-order valence-corrected chi connectivity index (χ4v) is 3.84. The van der Waals surface area contributed by atoms with Crippen molar-refractivity contribution in [2.45, 2.75) is 50.9 Å². The maximum atomic E-state index is 12.2. The van der Waals surface area contributed by atoms with Crippen LogP contribution < -0.4 is 5.32 Å². The molecular weight excluding hydrogens is 316 g/mol. The normalized spacial score (nSPS) is 27.8. The summed E-state index contributed by atoms with van der Waals surface area (Å²) in [5, 5.41) is 13.0. The average molecular weight is 346 g/mol. The van der Waals surface area contributed by atoms with Gasteiger partial charge in [0.1, 0.15) is 0 Å². The first-order valence-electron chi connectivity index (χ1n) is 9.53. The molecule has 1 aliphatic heterocycles. The van der Waals surface area contributed by atoms with Crippen molar-refractivity contribution >= 4 is 5.91 Å². The van der Waals surface area contributed by atoms with Crippen molar-refractivity contribution in [2.24, 2.45) is 5.92 Å². The fraction of sp³-hybridized carbons (Fsp3) is 0.650. The van der Waals surface area contributed by atoms with Crippen LogP contribution in [0.5, 0.6) is 0 Å². The van der Waals surface area contributed by atoms with E-state index in [0.29, 0.717) is 19.6 Å². The van der Waals surface area contributed by atoms with Crippen LogP contribution in [-0.2, 0) is 16.1 Å². The molecule has 1 aromatic carbocycles. The Morgan fingerprint density at radius 3 is 2.84 bits per heavy atom. The second-order valence-electron chi connectivity index (χ2n) is 7.33. The van der Waals surface area contributed by atoms with Gasteiger partial charge in [-0.1, -0.05) is 43.2 Å². The summed E-state index contributed by atoms with van der Waals surface area (Å²) >= 11 is 0. The number of hydrogen-bond donors (Lipinski definition) is 2. The van der Waals surface area contributed by atoms with Gasteiger partial charge in [0.05, 0.1) is 25.2 Å². The Hall–Kier alpha value is -1.43. The Morgan fingerprint density at radius 2 is 2.04 bits per heavy atom. The molecule has 1 aliphatic carbocycles. The van der Waals surface area contributed by atoms with Gasteiger partial charge in [0.15, 0.2) is 0 Å². The third-order valence-corrected chi connectivity index (χ3v) is 5.32. The van der Waals surface area contributed by atoms with Gasteiger partial charge in [0.2, 0.25) is 5.91 Å². The molecule has 5 heteroatoms. The minimum Gasteiger partial charge on any atom is -0.393 e. The van der Waals surface area contributed by atoms with Gasteiger partial charge in [-0.05, 0) is 18.4 Å². The van der Waals surface area contributed by atoms with Crippen molar-refractivity contribution < 1.29 is 14.6 Å². The number of carbonyl (C=O) groups excluding carboxylic acids is 1. The number of hydrogen-bond acceptors (Lipinski definition) is 4. The van der Waals surface area contributed by atoms with Gasteiger partial charge in [-0.15, -0.1) is 0 Å². The van der Waals surface area contributed by atoms with Crippen LogP contribution >= 0.6 is 0 Å². The standard InChI is InChI=1S/C20H30N2O3/c23-19-9-5-4-8-17(19)13-21-20(24)12-18-15-22(10-11-25-18)14-16-6-2-1-3-7-16/h1-3,6-7,17-19,23H,4-5,8-15H2,(H,21,24). The van der Waals surface area contributed by atoms with Gasteiger partial charge in [0.25, 0.3) is 0 Å². The number of carbonyl (C=O) groups is 1. The van der Waals surface area contributed by atoms with E-state index in [1.807, 2.05) is 6.07 Å². The maximum absolute atomic E-state index is 12.2.